The van der Waals surface area contributed by atoms with E-state index in [0.29, 0.717) is 25.6 Å². The van der Waals surface area contributed by atoms with Gasteiger partial charge in [-0.25, -0.2) is 4.98 Å². The summed E-state index contributed by atoms with van der Waals surface area (Å²) in [6.45, 7) is 3.45. The second-order valence-electron chi connectivity index (χ2n) is 3.95. The Kier molecular flexibility index (Phi) is 4.06. The zero-order valence-electron chi connectivity index (χ0n) is 10.4. The third kappa shape index (κ3) is 3.14. The third-order valence-corrected chi connectivity index (χ3v) is 2.51. The minimum Gasteiger partial charge on any atom is -0.481 e. The lowest BCUT2D eigenvalue weighted by molar-refractivity contribution is -0.120. The van der Waals surface area contributed by atoms with Crippen LogP contribution in [-0.4, -0.2) is 48.8 Å². The standard InChI is InChI=1S/C11H16N4O3/c1-7-5-9(17-2)14-11(13-7)15-10(16)8-6-18-4-3-12-8/h5,8,12H,3-4,6H2,1-2H3,(H,13,14,15,16). The molecule has 0 bridgehead atoms. The van der Waals surface area contributed by atoms with Gasteiger partial charge >= 0.3 is 0 Å². The number of amides is 1. The molecule has 0 aromatic carbocycles. The maximum absolute atomic E-state index is 11.9. The monoisotopic (exact) mass is 252 g/mol. The van der Waals surface area contributed by atoms with Gasteiger partial charge in [0.05, 0.1) is 20.3 Å². The Morgan fingerprint density at radius 1 is 1.61 bits per heavy atom. The summed E-state index contributed by atoms with van der Waals surface area (Å²) in [5.74, 6) is 0.456. The highest BCUT2D eigenvalue weighted by Gasteiger charge is 2.22. The molecule has 2 rings (SSSR count). The van der Waals surface area contributed by atoms with Crippen molar-refractivity contribution in [2.24, 2.45) is 0 Å². The van der Waals surface area contributed by atoms with Gasteiger partial charge in [0.25, 0.3) is 0 Å². The van der Waals surface area contributed by atoms with Crippen molar-refractivity contribution in [2.45, 2.75) is 13.0 Å². The molecule has 1 aromatic heterocycles. The second-order valence-corrected chi connectivity index (χ2v) is 3.95. The van der Waals surface area contributed by atoms with Gasteiger partial charge in [0.1, 0.15) is 6.04 Å². The maximum atomic E-state index is 11.9. The predicted octanol–water partition coefficient (Wildman–Crippen LogP) is -0.279. The highest BCUT2D eigenvalue weighted by atomic mass is 16.5. The second kappa shape index (κ2) is 5.74. The van der Waals surface area contributed by atoms with Gasteiger partial charge in [0, 0.05) is 18.3 Å². The van der Waals surface area contributed by atoms with Crippen LogP contribution in [0.25, 0.3) is 0 Å². The summed E-state index contributed by atoms with van der Waals surface area (Å²) < 4.78 is 10.2. The number of nitrogens with one attached hydrogen (secondary N) is 2. The van der Waals surface area contributed by atoms with Crippen LogP contribution in [0.15, 0.2) is 6.07 Å². The van der Waals surface area contributed by atoms with Crippen LogP contribution in [0.1, 0.15) is 5.69 Å². The highest BCUT2D eigenvalue weighted by Crippen LogP contribution is 2.11. The zero-order valence-corrected chi connectivity index (χ0v) is 10.4. The fraction of sp³-hybridized carbons (Fsp3) is 0.545. The molecule has 0 aliphatic carbocycles. The van der Waals surface area contributed by atoms with Gasteiger partial charge in [-0.3, -0.25) is 10.1 Å². The first-order valence-corrected chi connectivity index (χ1v) is 5.70. The van der Waals surface area contributed by atoms with Crippen molar-refractivity contribution in [1.82, 2.24) is 15.3 Å². The van der Waals surface area contributed by atoms with Crippen LogP contribution in [0.4, 0.5) is 5.95 Å². The first-order chi connectivity index (χ1) is 8.69. The Balaban J connectivity index is 2.03. The van der Waals surface area contributed by atoms with E-state index < -0.39 is 0 Å². The molecule has 2 heterocycles. The van der Waals surface area contributed by atoms with Crippen molar-refractivity contribution in [3.63, 3.8) is 0 Å². The van der Waals surface area contributed by atoms with Gasteiger partial charge in [0.2, 0.25) is 17.7 Å². The zero-order chi connectivity index (χ0) is 13.0. The number of hydrogen-bond acceptors (Lipinski definition) is 6. The number of aromatic nitrogens is 2. The molecular formula is C11H16N4O3. The van der Waals surface area contributed by atoms with E-state index in [2.05, 4.69) is 20.6 Å². The van der Waals surface area contributed by atoms with Crippen molar-refractivity contribution in [3.8, 4) is 5.88 Å². The number of morpholine rings is 1. The first kappa shape index (κ1) is 12.7. The van der Waals surface area contributed by atoms with Gasteiger partial charge < -0.3 is 14.8 Å². The number of hydrogen-bond donors (Lipinski definition) is 2. The number of aryl methyl sites for hydroxylation is 1. The number of ether oxygens (including phenoxy) is 2. The average Bonchev–Trinajstić information content (AvgIpc) is 2.39. The Bertz CT molecular complexity index is 432. The van der Waals surface area contributed by atoms with E-state index in [4.69, 9.17) is 9.47 Å². The number of anilines is 1. The minimum absolute atomic E-state index is 0.206. The lowest BCUT2D eigenvalue weighted by Gasteiger charge is -2.22. The quantitative estimate of drug-likeness (QED) is 0.769. The Morgan fingerprint density at radius 3 is 3.11 bits per heavy atom. The third-order valence-electron chi connectivity index (χ3n) is 2.51. The summed E-state index contributed by atoms with van der Waals surface area (Å²) >= 11 is 0. The molecule has 0 radical (unpaired) electrons. The average molecular weight is 252 g/mol. The number of methoxy groups -OCH3 is 1. The van der Waals surface area contributed by atoms with Crippen LogP contribution in [0.3, 0.4) is 0 Å². The molecule has 2 N–H and O–H groups in total. The molecule has 1 atom stereocenters. The summed E-state index contributed by atoms with van der Waals surface area (Å²) in [5.41, 5.74) is 0.727. The molecule has 1 aliphatic rings. The van der Waals surface area contributed by atoms with Crippen LogP contribution in [0, 0.1) is 6.92 Å². The van der Waals surface area contributed by atoms with Gasteiger partial charge in [0.15, 0.2) is 0 Å². The fourth-order valence-corrected chi connectivity index (χ4v) is 1.63. The van der Waals surface area contributed by atoms with Gasteiger partial charge in [-0.2, -0.15) is 4.98 Å². The lowest BCUT2D eigenvalue weighted by atomic mass is 10.2. The molecule has 0 saturated carbocycles. The number of rotatable bonds is 3. The summed E-state index contributed by atoms with van der Waals surface area (Å²) in [4.78, 5) is 20.1. The molecule has 1 aliphatic heterocycles. The van der Waals surface area contributed by atoms with Crippen molar-refractivity contribution < 1.29 is 14.3 Å². The largest absolute Gasteiger partial charge is 0.481 e. The fourth-order valence-electron chi connectivity index (χ4n) is 1.63. The van der Waals surface area contributed by atoms with Crippen LogP contribution < -0.4 is 15.4 Å². The molecular weight excluding hydrogens is 236 g/mol. The molecule has 7 nitrogen and oxygen atoms in total. The van der Waals surface area contributed by atoms with E-state index in [1.54, 1.807) is 6.07 Å². The van der Waals surface area contributed by atoms with Crippen LogP contribution >= 0.6 is 0 Å². The Morgan fingerprint density at radius 2 is 2.44 bits per heavy atom. The van der Waals surface area contributed by atoms with E-state index in [-0.39, 0.29) is 17.9 Å². The molecule has 18 heavy (non-hydrogen) atoms. The summed E-state index contributed by atoms with van der Waals surface area (Å²) in [7, 11) is 1.52. The van der Waals surface area contributed by atoms with E-state index >= 15 is 0 Å². The normalized spacial score (nSPS) is 19.3. The number of nitrogens with zero attached hydrogens (tertiary/aromatic N) is 2. The summed E-state index contributed by atoms with van der Waals surface area (Å²) in [6.07, 6.45) is 0. The van der Waals surface area contributed by atoms with Crippen LogP contribution in [-0.2, 0) is 9.53 Å². The molecule has 98 valence electrons. The SMILES string of the molecule is COc1cc(C)nc(NC(=O)C2COCCN2)n1. The molecule has 1 saturated heterocycles. The maximum Gasteiger partial charge on any atom is 0.246 e. The van der Waals surface area contributed by atoms with Crippen LogP contribution in [0.2, 0.25) is 0 Å². The molecule has 0 spiro atoms. The molecule has 7 heteroatoms. The van der Waals surface area contributed by atoms with Gasteiger partial charge in [-0.15, -0.1) is 0 Å². The molecule has 1 unspecified atom stereocenters. The molecule has 1 fully saturated rings. The Labute approximate surface area is 105 Å². The summed E-state index contributed by atoms with van der Waals surface area (Å²) in [6, 6.07) is 1.33. The summed E-state index contributed by atoms with van der Waals surface area (Å²) in [5, 5.41) is 5.70. The van der Waals surface area contributed by atoms with Gasteiger partial charge in [-0.1, -0.05) is 0 Å². The van der Waals surface area contributed by atoms with Crippen molar-refractivity contribution in [1.29, 1.82) is 0 Å². The van der Waals surface area contributed by atoms with Crippen molar-refractivity contribution >= 4 is 11.9 Å². The van der Waals surface area contributed by atoms with E-state index in [0.717, 1.165) is 5.69 Å². The topological polar surface area (TPSA) is 85.4 Å². The predicted molar refractivity (Wildman–Crippen MR) is 64.6 cm³/mol. The van der Waals surface area contributed by atoms with Crippen LogP contribution in [0.5, 0.6) is 5.88 Å². The van der Waals surface area contributed by atoms with E-state index in [1.165, 1.54) is 7.11 Å². The minimum atomic E-state index is -0.367. The van der Waals surface area contributed by atoms with Gasteiger partial charge in [-0.05, 0) is 6.92 Å². The first-order valence-electron chi connectivity index (χ1n) is 5.70. The smallest absolute Gasteiger partial charge is 0.246 e. The van der Waals surface area contributed by atoms with Crippen molar-refractivity contribution in [3.05, 3.63) is 11.8 Å². The number of carbonyl (C=O) groups excluding carboxylic acids is 1. The van der Waals surface area contributed by atoms with E-state index in [9.17, 15) is 4.79 Å². The van der Waals surface area contributed by atoms with E-state index in [1.807, 2.05) is 6.92 Å². The number of carbonyl (C=O) groups is 1. The molecule has 1 amide bonds. The Hall–Kier alpha value is -1.73. The lowest BCUT2D eigenvalue weighted by Crippen LogP contribution is -2.49. The van der Waals surface area contributed by atoms with Crippen molar-refractivity contribution in [2.75, 3.05) is 32.2 Å². The molecule has 1 aromatic rings. The highest BCUT2D eigenvalue weighted by molar-refractivity contribution is 5.93.